The van der Waals surface area contributed by atoms with Gasteiger partial charge >= 0.3 is 0 Å². The summed E-state index contributed by atoms with van der Waals surface area (Å²) in [5.74, 6) is 1.26. The number of amides is 1. The fourth-order valence-corrected chi connectivity index (χ4v) is 4.12. The van der Waals surface area contributed by atoms with E-state index >= 15 is 0 Å². The van der Waals surface area contributed by atoms with E-state index in [0.717, 1.165) is 62.1 Å². The number of allylic oxidation sites excluding steroid dienone is 4. The minimum absolute atomic E-state index is 0.150. The van der Waals surface area contributed by atoms with Crippen LogP contribution < -0.4 is 10.6 Å². The van der Waals surface area contributed by atoms with E-state index in [0.29, 0.717) is 24.4 Å². The van der Waals surface area contributed by atoms with Crippen molar-refractivity contribution in [2.75, 3.05) is 59.2 Å². The van der Waals surface area contributed by atoms with Crippen LogP contribution in [0.25, 0.3) is 0 Å². The summed E-state index contributed by atoms with van der Waals surface area (Å²) in [5, 5.41) is 6.45. The molecular formula is C29H38N8O. The minimum Gasteiger partial charge on any atom is -0.339 e. The van der Waals surface area contributed by atoms with E-state index < -0.39 is 0 Å². The number of likely N-dealkylation sites (N-methyl/N-ethyl adjacent to an activating group) is 1. The molecule has 0 saturated carbocycles. The van der Waals surface area contributed by atoms with E-state index in [1.54, 1.807) is 0 Å². The van der Waals surface area contributed by atoms with Gasteiger partial charge in [0.25, 0.3) is 5.91 Å². The fraction of sp³-hybridized carbons (Fsp3) is 0.379. The number of nitrogens with zero attached hydrogens (tertiary/aromatic N) is 6. The summed E-state index contributed by atoms with van der Waals surface area (Å²) in [7, 11) is 6.15. The van der Waals surface area contributed by atoms with Gasteiger partial charge in [-0.3, -0.25) is 4.79 Å². The lowest BCUT2D eigenvalue weighted by Gasteiger charge is -2.32. The van der Waals surface area contributed by atoms with Crippen LogP contribution in [-0.2, 0) is 4.79 Å². The smallest absolute Gasteiger partial charge is 0.255 e. The van der Waals surface area contributed by atoms with Crippen molar-refractivity contribution in [2.45, 2.75) is 19.3 Å². The van der Waals surface area contributed by atoms with Gasteiger partial charge in [-0.25, -0.2) is 15.0 Å². The number of carbonyl (C=O) groups is 1. The summed E-state index contributed by atoms with van der Waals surface area (Å²) in [6.07, 6.45) is 13.8. The van der Waals surface area contributed by atoms with Crippen LogP contribution in [0.3, 0.4) is 0 Å². The zero-order valence-electron chi connectivity index (χ0n) is 22.6. The average molecular weight is 515 g/mol. The van der Waals surface area contributed by atoms with Gasteiger partial charge in [-0.15, -0.1) is 0 Å². The van der Waals surface area contributed by atoms with Crippen molar-refractivity contribution < 1.29 is 4.79 Å². The van der Waals surface area contributed by atoms with E-state index in [1.165, 1.54) is 0 Å². The number of nitrogens with one attached hydrogen (secondary N) is 2. The molecule has 0 atom stereocenters. The third-order valence-electron chi connectivity index (χ3n) is 6.32. The molecule has 9 nitrogen and oxygen atoms in total. The first-order chi connectivity index (χ1) is 18.5. The van der Waals surface area contributed by atoms with Crippen molar-refractivity contribution in [3.8, 4) is 0 Å². The van der Waals surface area contributed by atoms with Crippen molar-refractivity contribution in [3.05, 3.63) is 77.4 Å². The summed E-state index contributed by atoms with van der Waals surface area (Å²) in [5.41, 5.74) is 2.99. The summed E-state index contributed by atoms with van der Waals surface area (Å²) in [6, 6.07) is 9.48. The number of aliphatic imine (C=N–C) groups is 3. The van der Waals surface area contributed by atoms with Crippen molar-refractivity contribution >= 4 is 30.0 Å². The molecule has 1 aromatic rings. The summed E-state index contributed by atoms with van der Waals surface area (Å²) in [6.45, 7) is 4.45. The molecular weight excluding hydrogens is 476 g/mol. The maximum Gasteiger partial charge on any atom is 0.255 e. The van der Waals surface area contributed by atoms with E-state index in [4.69, 9.17) is 9.98 Å². The number of anilines is 1. The molecule has 2 N–H and O–H groups in total. The molecule has 9 heteroatoms. The second-order valence-corrected chi connectivity index (χ2v) is 9.76. The van der Waals surface area contributed by atoms with Crippen LogP contribution in [0.5, 0.6) is 0 Å². The monoisotopic (exact) mass is 514 g/mol. The molecule has 1 aromatic carbocycles. The first kappa shape index (κ1) is 27.2. The number of hydrogen-bond donors (Lipinski definition) is 2. The van der Waals surface area contributed by atoms with Crippen LogP contribution in [0, 0.1) is 0 Å². The number of para-hydroxylation sites is 1. The van der Waals surface area contributed by atoms with Gasteiger partial charge < -0.3 is 25.3 Å². The second-order valence-electron chi connectivity index (χ2n) is 9.76. The Morgan fingerprint density at radius 1 is 1.13 bits per heavy atom. The van der Waals surface area contributed by atoms with Gasteiger partial charge in [-0.05, 0) is 64.7 Å². The van der Waals surface area contributed by atoms with Gasteiger partial charge in [-0.2, -0.15) is 0 Å². The Morgan fingerprint density at radius 3 is 2.68 bits per heavy atom. The predicted molar refractivity (Wildman–Crippen MR) is 156 cm³/mol. The van der Waals surface area contributed by atoms with Gasteiger partial charge in [0.1, 0.15) is 0 Å². The van der Waals surface area contributed by atoms with Crippen molar-refractivity contribution in [1.29, 1.82) is 0 Å². The van der Waals surface area contributed by atoms with Crippen molar-refractivity contribution in [1.82, 2.24) is 20.0 Å². The van der Waals surface area contributed by atoms with Gasteiger partial charge in [0.15, 0.2) is 5.82 Å². The van der Waals surface area contributed by atoms with Crippen molar-refractivity contribution in [2.24, 2.45) is 15.0 Å². The third-order valence-corrected chi connectivity index (χ3v) is 6.32. The molecule has 1 aliphatic carbocycles. The van der Waals surface area contributed by atoms with Gasteiger partial charge in [0.2, 0.25) is 5.96 Å². The highest BCUT2D eigenvalue weighted by Gasteiger charge is 2.20. The lowest BCUT2D eigenvalue weighted by Crippen LogP contribution is -2.46. The maximum atomic E-state index is 13.0. The molecule has 0 aromatic heterocycles. The zero-order chi connectivity index (χ0) is 26.7. The zero-order valence-corrected chi connectivity index (χ0v) is 22.6. The van der Waals surface area contributed by atoms with E-state index in [9.17, 15) is 4.79 Å². The Hall–Kier alpha value is -3.82. The molecule has 200 valence electrons. The summed E-state index contributed by atoms with van der Waals surface area (Å²) < 4.78 is 0. The van der Waals surface area contributed by atoms with Gasteiger partial charge in [-0.1, -0.05) is 30.4 Å². The molecule has 4 rings (SSSR count). The molecule has 1 saturated heterocycles. The van der Waals surface area contributed by atoms with E-state index in [2.05, 4.69) is 37.4 Å². The average Bonchev–Trinajstić information content (AvgIpc) is 3.30. The van der Waals surface area contributed by atoms with Crippen LogP contribution in [0.2, 0.25) is 0 Å². The molecule has 2 heterocycles. The summed E-state index contributed by atoms with van der Waals surface area (Å²) in [4.78, 5) is 34.1. The van der Waals surface area contributed by atoms with Gasteiger partial charge in [0, 0.05) is 62.1 Å². The molecule has 0 radical (unpaired) electrons. The van der Waals surface area contributed by atoms with Crippen LogP contribution in [-0.4, -0.2) is 92.9 Å². The fourth-order valence-electron chi connectivity index (χ4n) is 4.12. The molecule has 3 aliphatic rings. The molecule has 2 aliphatic heterocycles. The van der Waals surface area contributed by atoms with Crippen molar-refractivity contribution in [3.63, 3.8) is 0 Å². The summed E-state index contributed by atoms with van der Waals surface area (Å²) >= 11 is 0. The highest BCUT2D eigenvalue weighted by molar-refractivity contribution is 6.06. The SMILES string of the molecule is CN(C)CC=N/C(NC1=CC(C(=O)Nc2ccccc2)=CCC=C1)=C1\CCC=NC(N2CCN(C)CC2)=N1. The molecule has 0 spiro atoms. The minimum atomic E-state index is -0.150. The van der Waals surface area contributed by atoms with E-state index in [-0.39, 0.29) is 5.91 Å². The second kappa shape index (κ2) is 13.6. The lowest BCUT2D eigenvalue weighted by molar-refractivity contribution is -0.112. The van der Waals surface area contributed by atoms with Crippen LogP contribution in [0.4, 0.5) is 5.69 Å². The number of rotatable bonds is 7. The number of carbonyl (C=O) groups excluding carboxylic acids is 1. The van der Waals surface area contributed by atoms with E-state index in [1.807, 2.05) is 81.2 Å². The largest absolute Gasteiger partial charge is 0.339 e. The standard InChI is InChI=1S/C29H38N8O/c1-35(2)17-16-30-27(26-14-9-15-31-29(34-26)37-20-18-36(3)19-21-37)32-25-13-8-7-10-23(22-25)28(38)33-24-11-5-4-6-12-24/h4-6,8,10-13,15-16,22,32H,7,9,14,17-21H2,1-3H3,(H,33,38)/b27-26-,30-16?. The molecule has 0 bridgehead atoms. The quantitative estimate of drug-likeness (QED) is 0.546. The maximum absolute atomic E-state index is 13.0. The number of guanidine groups is 1. The van der Waals surface area contributed by atoms with Crippen LogP contribution >= 0.6 is 0 Å². The Bertz CT molecular complexity index is 1180. The third kappa shape index (κ3) is 8.09. The molecule has 38 heavy (non-hydrogen) atoms. The first-order valence-electron chi connectivity index (χ1n) is 13.1. The van der Waals surface area contributed by atoms with Crippen LogP contribution in [0.1, 0.15) is 19.3 Å². The highest BCUT2D eigenvalue weighted by Crippen LogP contribution is 2.20. The Balaban J connectivity index is 1.61. The number of hydrogen-bond acceptors (Lipinski definition) is 8. The lowest BCUT2D eigenvalue weighted by atomic mass is 10.2. The van der Waals surface area contributed by atoms with Gasteiger partial charge in [0.05, 0.1) is 5.70 Å². The Kier molecular flexibility index (Phi) is 9.77. The molecule has 1 fully saturated rings. The predicted octanol–water partition coefficient (Wildman–Crippen LogP) is 3.25. The molecule has 1 amide bonds. The first-order valence-corrected chi connectivity index (χ1v) is 13.1. The Labute approximate surface area is 225 Å². The van der Waals surface area contributed by atoms with Crippen LogP contribution in [0.15, 0.2) is 92.4 Å². The number of piperazine rings is 1. The normalized spacial score (nSPS) is 20.0. The highest BCUT2D eigenvalue weighted by atomic mass is 16.1. The number of benzene rings is 1. The Morgan fingerprint density at radius 2 is 1.92 bits per heavy atom. The molecule has 0 unspecified atom stereocenters. The topological polar surface area (TPSA) is 87.9 Å².